The van der Waals surface area contributed by atoms with Gasteiger partial charge in [0.1, 0.15) is 10.6 Å². The van der Waals surface area contributed by atoms with Crippen molar-refractivity contribution in [2.45, 2.75) is 59.3 Å². The molecular weight excluding hydrogens is 462 g/mol. The van der Waals surface area contributed by atoms with Crippen LogP contribution < -0.4 is 5.32 Å². The van der Waals surface area contributed by atoms with Crippen LogP contribution in [-0.4, -0.2) is 31.1 Å². The minimum Gasteiger partial charge on any atom is -0.462 e. The summed E-state index contributed by atoms with van der Waals surface area (Å²) in [7, 11) is 0. The molecule has 0 spiro atoms. The van der Waals surface area contributed by atoms with Crippen molar-refractivity contribution in [1.82, 2.24) is 0 Å². The Balaban J connectivity index is 1.31. The Kier molecular flexibility index (Phi) is 6.47. The molecule has 0 atom stereocenters. The van der Waals surface area contributed by atoms with E-state index in [0.717, 1.165) is 40.8 Å². The molecule has 1 amide bonds. The minimum absolute atomic E-state index is 0.222. The lowest BCUT2D eigenvalue weighted by atomic mass is 9.49. The SMILES string of the molecule is CCOC(=O)c1c(NC(=O)COC(=O)C23CC4CC(CC(C4)C2)C3)sc(C)c1-c1ccc(C)cc1. The van der Waals surface area contributed by atoms with Crippen LogP contribution in [0.3, 0.4) is 0 Å². The average molecular weight is 496 g/mol. The number of thiophene rings is 1. The molecule has 1 N–H and O–H groups in total. The van der Waals surface area contributed by atoms with Crippen LogP contribution in [-0.2, 0) is 19.1 Å². The largest absolute Gasteiger partial charge is 0.462 e. The normalized spacial score (nSPS) is 26.4. The van der Waals surface area contributed by atoms with Gasteiger partial charge in [0.05, 0.1) is 12.0 Å². The zero-order valence-electron chi connectivity index (χ0n) is 20.6. The van der Waals surface area contributed by atoms with E-state index in [1.165, 1.54) is 30.6 Å². The molecule has 7 heteroatoms. The molecule has 186 valence electrons. The molecule has 6 nitrogen and oxygen atoms in total. The molecule has 0 saturated heterocycles. The van der Waals surface area contributed by atoms with Crippen LogP contribution in [0.4, 0.5) is 5.00 Å². The van der Waals surface area contributed by atoms with Gasteiger partial charge in [0, 0.05) is 10.4 Å². The van der Waals surface area contributed by atoms with Crippen LogP contribution in [0.25, 0.3) is 11.1 Å². The summed E-state index contributed by atoms with van der Waals surface area (Å²) in [4.78, 5) is 39.8. The summed E-state index contributed by atoms with van der Waals surface area (Å²) in [6.07, 6.45) is 6.42. The lowest BCUT2D eigenvalue weighted by Gasteiger charge is -2.55. The van der Waals surface area contributed by atoms with Gasteiger partial charge in [-0.1, -0.05) is 29.8 Å². The van der Waals surface area contributed by atoms with E-state index < -0.39 is 17.3 Å². The molecule has 1 aromatic heterocycles. The highest BCUT2D eigenvalue weighted by Crippen LogP contribution is 2.60. The number of hydrogen-bond acceptors (Lipinski definition) is 6. The molecular formula is C28H33NO5S. The molecule has 4 fully saturated rings. The van der Waals surface area contributed by atoms with Crippen molar-refractivity contribution in [3.63, 3.8) is 0 Å². The summed E-state index contributed by atoms with van der Waals surface area (Å²) < 4.78 is 10.9. The molecule has 1 aromatic carbocycles. The van der Waals surface area contributed by atoms with E-state index in [0.29, 0.717) is 28.3 Å². The van der Waals surface area contributed by atoms with Gasteiger partial charge in [-0.25, -0.2) is 4.79 Å². The Morgan fingerprint density at radius 1 is 0.971 bits per heavy atom. The molecule has 2 aromatic rings. The van der Waals surface area contributed by atoms with Crippen LogP contribution in [0, 0.1) is 37.0 Å². The van der Waals surface area contributed by atoms with Gasteiger partial charge in [0.15, 0.2) is 6.61 Å². The lowest BCUT2D eigenvalue weighted by Crippen LogP contribution is -2.50. The Labute approximate surface area is 210 Å². The van der Waals surface area contributed by atoms with Gasteiger partial charge in [0.2, 0.25) is 0 Å². The van der Waals surface area contributed by atoms with Gasteiger partial charge in [-0.15, -0.1) is 11.3 Å². The highest BCUT2D eigenvalue weighted by atomic mass is 32.1. The molecule has 35 heavy (non-hydrogen) atoms. The fraction of sp³-hybridized carbons (Fsp3) is 0.536. The minimum atomic E-state index is -0.478. The van der Waals surface area contributed by atoms with E-state index in [9.17, 15) is 14.4 Å². The molecule has 0 radical (unpaired) electrons. The molecule has 4 saturated carbocycles. The monoisotopic (exact) mass is 495 g/mol. The number of rotatable bonds is 7. The van der Waals surface area contributed by atoms with Gasteiger partial charge < -0.3 is 14.8 Å². The number of amides is 1. The second-order valence-corrected chi connectivity index (χ2v) is 11.9. The number of carbonyl (C=O) groups excluding carboxylic acids is 3. The van der Waals surface area contributed by atoms with Crippen LogP contribution in [0.2, 0.25) is 0 Å². The maximum absolute atomic E-state index is 13.1. The van der Waals surface area contributed by atoms with Crippen molar-refractivity contribution in [2.75, 3.05) is 18.5 Å². The first-order valence-corrected chi connectivity index (χ1v) is 13.4. The molecule has 4 aliphatic rings. The first kappa shape index (κ1) is 24.0. The average Bonchev–Trinajstić information content (AvgIpc) is 3.12. The quantitative estimate of drug-likeness (QED) is 0.483. The van der Waals surface area contributed by atoms with Crippen molar-refractivity contribution in [1.29, 1.82) is 0 Å². The third kappa shape index (κ3) is 4.63. The fourth-order valence-electron chi connectivity index (χ4n) is 6.91. The van der Waals surface area contributed by atoms with E-state index in [1.807, 2.05) is 38.1 Å². The summed E-state index contributed by atoms with van der Waals surface area (Å²) in [6, 6.07) is 7.91. The van der Waals surface area contributed by atoms with E-state index in [-0.39, 0.29) is 19.2 Å². The van der Waals surface area contributed by atoms with Gasteiger partial charge in [-0.05, 0) is 82.6 Å². The maximum atomic E-state index is 13.1. The van der Waals surface area contributed by atoms with Gasteiger partial charge in [-0.3, -0.25) is 9.59 Å². The summed E-state index contributed by atoms with van der Waals surface area (Å²) in [6.45, 7) is 5.57. The third-order valence-electron chi connectivity index (χ3n) is 7.96. The molecule has 6 rings (SSSR count). The Morgan fingerprint density at radius 2 is 1.57 bits per heavy atom. The zero-order valence-corrected chi connectivity index (χ0v) is 21.5. The number of aryl methyl sites for hydroxylation is 2. The standard InChI is InChI=1S/C28H33NO5S/c1-4-33-26(31)24-23(21-7-5-16(2)6-8-21)17(3)35-25(24)29-22(30)15-34-27(32)28-12-18-9-19(13-28)11-20(10-18)14-28/h5-8,18-20H,4,9-15H2,1-3H3,(H,29,30). The smallest absolute Gasteiger partial charge is 0.341 e. The Bertz CT molecular complexity index is 1110. The summed E-state index contributed by atoms with van der Waals surface area (Å²) in [5.41, 5.74) is 2.71. The number of benzene rings is 1. The maximum Gasteiger partial charge on any atom is 0.341 e. The van der Waals surface area contributed by atoms with Crippen LogP contribution in [0.1, 0.15) is 66.2 Å². The van der Waals surface area contributed by atoms with Crippen molar-refractivity contribution < 1.29 is 23.9 Å². The zero-order chi connectivity index (χ0) is 24.7. The van der Waals surface area contributed by atoms with Crippen LogP contribution in [0.15, 0.2) is 24.3 Å². The number of anilines is 1. The summed E-state index contributed by atoms with van der Waals surface area (Å²) >= 11 is 1.33. The molecule has 4 aliphatic carbocycles. The van der Waals surface area contributed by atoms with Crippen molar-refractivity contribution in [3.8, 4) is 11.1 Å². The topological polar surface area (TPSA) is 81.7 Å². The molecule has 1 heterocycles. The number of esters is 2. The number of nitrogens with one attached hydrogen (secondary N) is 1. The number of carbonyl (C=O) groups is 3. The third-order valence-corrected chi connectivity index (χ3v) is 8.98. The van der Waals surface area contributed by atoms with Gasteiger partial charge in [-0.2, -0.15) is 0 Å². The highest BCUT2D eigenvalue weighted by molar-refractivity contribution is 7.17. The van der Waals surface area contributed by atoms with Crippen molar-refractivity contribution in [3.05, 3.63) is 40.3 Å². The van der Waals surface area contributed by atoms with E-state index in [2.05, 4.69) is 5.32 Å². The first-order valence-electron chi connectivity index (χ1n) is 12.6. The number of ether oxygens (including phenoxy) is 2. The van der Waals surface area contributed by atoms with Gasteiger partial charge >= 0.3 is 11.9 Å². The van der Waals surface area contributed by atoms with E-state index in [1.54, 1.807) is 6.92 Å². The van der Waals surface area contributed by atoms with E-state index >= 15 is 0 Å². The van der Waals surface area contributed by atoms with Crippen LogP contribution >= 0.6 is 11.3 Å². The second-order valence-electron chi connectivity index (χ2n) is 10.6. The highest BCUT2D eigenvalue weighted by Gasteiger charge is 2.55. The Hall–Kier alpha value is -2.67. The lowest BCUT2D eigenvalue weighted by molar-refractivity contribution is -0.172. The number of hydrogen-bond donors (Lipinski definition) is 1. The molecule has 0 unspecified atom stereocenters. The fourth-order valence-corrected chi connectivity index (χ4v) is 7.99. The predicted molar refractivity (Wildman–Crippen MR) is 135 cm³/mol. The molecule has 4 bridgehead atoms. The van der Waals surface area contributed by atoms with Crippen molar-refractivity contribution >= 4 is 34.2 Å². The second kappa shape index (κ2) is 9.41. The van der Waals surface area contributed by atoms with E-state index in [4.69, 9.17) is 9.47 Å². The predicted octanol–water partition coefficient (Wildman–Crippen LogP) is 5.91. The molecule has 0 aliphatic heterocycles. The Morgan fingerprint density at radius 3 is 2.14 bits per heavy atom. The summed E-state index contributed by atoms with van der Waals surface area (Å²) in [5.74, 6) is 0.746. The van der Waals surface area contributed by atoms with Crippen molar-refractivity contribution in [2.24, 2.45) is 23.2 Å². The summed E-state index contributed by atoms with van der Waals surface area (Å²) in [5, 5.41) is 3.25. The van der Waals surface area contributed by atoms with Gasteiger partial charge in [0.25, 0.3) is 5.91 Å². The van der Waals surface area contributed by atoms with Crippen LogP contribution in [0.5, 0.6) is 0 Å². The first-order chi connectivity index (χ1) is 16.8.